The van der Waals surface area contributed by atoms with Gasteiger partial charge in [0.05, 0.1) is 7.11 Å². The van der Waals surface area contributed by atoms with Crippen molar-refractivity contribution in [2.75, 3.05) is 7.11 Å². The monoisotopic (exact) mass is 205 g/mol. The molecule has 0 saturated carbocycles. The fourth-order valence-electron chi connectivity index (χ4n) is 1.58. The minimum absolute atomic E-state index is 0.108. The summed E-state index contributed by atoms with van der Waals surface area (Å²) in [5, 5.41) is 0. The summed E-state index contributed by atoms with van der Waals surface area (Å²) in [4.78, 5) is 0. The van der Waals surface area contributed by atoms with Crippen LogP contribution >= 0.6 is 0 Å². The van der Waals surface area contributed by atoms with Crippen molar-refractivity contribution >= 4 is 0 Å². The maximum Gasteiger partial charge on any atom is 0.122 e. The minimum atomic E-state index is 0.108. The van der Waals surface area contributed by atoms with Crippen molar-refractivity contribution in [2.45, 2.75) is 46.0 Å². The molecule has 0 unspecified atom stereocenters. The Bertz CT molecular complexity index is 332. The second-order valence-corrected chi connectivity index (χ2v) is 5.28. The van der Waals surface area contributed by atoms with Gasteiger partial charge in [0.15, 0.2) is 0 Å². The maximum absolute atomic E-state index is 5.44. The number of rotatable bonds is 2. The smallest absolute Gasteiger partial charge is 0.122 e. The largest absolute Gasteiger partial charge is 0.496 e. The van der Waals surface area contributed by atoms with Crippen molar-refractivity contribution in [3.8, 4) is 5.75 Å². The van der Waals surface area contributed by atoms with Gasteiger partial charge in [0.2, 0.25) is 0 Å². The third-order valence-corrected chi connectivity index (χ3v) is 2.59. The first-order chi connectivity index (χ1) is 6.86. The minimum Gasteiger partial charge on any atom is -0.496 e. The molecule has 15 heavy (non-hydrogen) atoms. The van der Waals surface area contributed by atoms with Crippen LogP contribution < -0.4 is 4.74 Å². The Morgan fingerprint density at radius 1 is 1.27 bits per heavy atom. The maximum atomic E-state index is 5.44. The summed E-state index contributed by atoms with van der Waals surface area (Å²) in [5.74, 6) is 1.47. The van der Waals surface area contributed by atoms with E-state index in [-0.39, 0.29) is 5.41 Å². The van der Waals surface area contributed by atoms with Crippen molar-refractivity contribution in [1.29, 1.82) is 0 Å². The number of benzene rings is 1. The molecule has 1 aromatic rings. The molecule has 0 aliphatic heterocycles. The molecule has 0 aliphatic carbocycles. The first-order valence-electron chi connectivity index (χ1n) is 5.46. The van der Waals surface area contributed by atoms with E-state index < -0.39 is 0 Å². The van der Waals surface area contributed by atoms with E-state index in [0.717, 1.165) is 5.75 Å². The highest BCUT2D eigenvalue weighted by Crippen LogP contribution is 2.33. The Kier molecular flexibility index (Phi) is 3.43. The van der Waals surface area contributed by atoms with Gasteiger partial charge in [-0.15, -0.1) is 0 Å². The lowest BCUT2D eigenvalue weighted by molar-refractivity contribution is 0.396. The van der Waals surface area contributed by atoms with Crippen molar-refractivity contribution in [1.82, 2.24) is 0 Å². The summed E-state index contributed by atoms with van der Waals surface area (Å²) in [6.45, 7) is 10.9. The van der Waals surface area contributed by atoms with Crippen molar-refractivity contribution < 1.29 is 4.74 Å². The highest BCUT2D eigenvalue weighted by molar-refractivity contribution is 5.41. The average Bonchev–Trinajstić information content (AvgIpc) is 2.15. The van der Waals surface area contributed by atoms with Crippen LogP contribution in [0.3, 0.4) is 0 Å². The predicted octanol–water partition coefficient (Wildman–Crippen LogP) is 3.92. The van der Waals surface area contributed by atoms with E-state index in [1.165, 1.54) is 11.1 Å². The van der Waals surface area contributed by atoms with Crippen LogP contribution in [0.4, 0.5) is 0 Å². The summed E-state index contributed by atoms with van der Waals surface area (Å²) in [5.41, 5.74) is 2.53. The quantitative estimate of drug-likeness (QED) is 0.711. The van der Waals surface area contributed by atoms with Gasteiger partial charge in [-0.25, -0.2) is 0 Å². The summed E-state index contributed by atoms with van der Waals surface area (Å²) in [6, 6.07) is 7.50. The molecule has 0 aromatic heterocycles. The first kappa shape index (κ1) is 12.1. The van der Waals surface area contributed by atoms with Crippen molar-refractivity contribution in [3.63, 3.8) is 0 Å². The average molecular weight is 205 g/mol. The van der Waals surface area contributed by atoms with Crippen molar-refractivity contribution in [3.05, 3.63) is 29.3 Å². The lowest BCUT2D eigenvalue weighted by atomic mass is 9.85. The van der Waals surface area contributed by atoms with Gasteiger partial charge in [0, 0.05) is 5.56 Å². The van der Waals surface area contributed by atoms with E-state index in [0.29, 0.717) is 5.92 Å². The number of hydrogen-bond acceptors (Lipinski definition) is 1. The van der Waals surface area contributed by atoms with E-state index in [9.17, 15) is 0 Å². The number of methoxy groups -OCH3 is 1. The van der Waals surface area contributed by atoms with E-state index in [1.54, 1.807) is 7.11 Å². The van der Waals surface area contributed by atoms with Gasteiger partial charge in [0.25, 0.3) is 0 Å². The molecule has 0 heterocycles. The summed E-state index contributed by atoms with van der Waals surface area (Å²) >= 11 is 0. The third-order valence-electron chi connectivity index (χ3n) is 2.59. The third kappa shape index (κ3) is 2.74. The summed E-state index contributed by atoms with van der Waals surface area (Å²) in [7, 11) is 1.73. The van der Waals surface area contributed by atoms with Gasteiger partial charge >= 0.3 is 0 Å². The lowest BCUT2D eigenvalue weighted by Crippen LogP contribution is -2.13. The molecular formula is C14H21O. The van der Waals surface area contributed by atoms with E-state index in [1.807, 2.05) is 0 Å². The highest BCUT2D eigenvalue weighted by atomic mass is 16.5. The van der Waals surface area contributed by atoms with Gasteiger partial charge in [-0.3, -0.25) is 0 Å². The van der Waals surface area contributed by atoms with Crippen LogP contribution in [0.2, 0.25) is 0 Å². The Balaban J connectivity index is 3.21. The molecule has 0 saturated heterocycles. The molecule has 0 atom stereocenters. The Morgan fingerprint density at radius 3 is 2.27 bits per heavy atom. The highest BCUT2D eigenvalue weighted by Gasteiger charge is 2.19. The number of ether oxygens (including phenoxy) is 1. The molecule has 1 rings (SSSR count). The van der Waals surface area contributed by atoms with E-state index in [2.05, 4.69) is 52.8 Å². The van der Waals surface area contributed by atoms with Crippen LogP contribution in [-0.2, 0) is 5.41 Å². The molecule has 0 bridgehead atoms. The van der Waals surface area contributed by atoms with Crippen LogP contribution in [0, 0.1) is 6.07 Å². The Morgan fingerprint density at radius 2 is 1.87 bits per heavy atom. The van der Waals surface area contributed by atoms with Crippen LogP contribution in [0.15, 0.2) is 12.1 Å². The van der Waals surface area contributed by atoms with Gasteiger partial charge < -0.3 is 4.74 Å². The normalized spacial score (nSPS) is 11.9. The standard InChI is InChI=1S/C14H21O/c1-10(2)11-7-8-12(14(3,4)5)13(9-11)15-6/h8-10H,1-6H3. The SMILES string of the molecule is COc1cc(C(C)C)[c]cc1C(C)(C)C. The summed E-state index contributed by atoms with van der Waals surface area (Å²) < 4.78 is 5.44. The zero-order chi connectivity index (χ0) is 11.6. The topological polar surface area (TPSA) is 9.23 Å². The Labute approximate surface area is 93.5 Å². The fourth-order valence-corrected chi connectivity index (χ4v) is 1.58. The van der Waals surface area contributed by atoms with Crippen LogP contribution in [0.25, 0.3) is 0 Å². The molecule has 0 aliphatic rings. The molecule has 1 aromatic carbocycles. The van der Waals surface area contributed by atoms with Gasteiger partial charge in [-0.1, -0.05) is 34.6 Å². The van der Waals surface area contributed by atoms with Gasteiger partial charge in [0.1, 0.15) is 5.75 Å². The Hall–Kier alpha value is -0.980. The van der Waals surface area contributed by atoms with Crippen molar-refractivity contribution in [2.24, 2.45) is 0 Å². The van der Waals surface area contributed by atoms with Crippen LogP contribution in [0.5, 0.6) is 5.75 Å². The number of hydrogen-bond donors (Lipinski definition) is 0. The fraction of sp³-hybridized carbons (Fsp3) is 0.571. The summed E-state index contributed by atoms with van der Waals surface area (Å²) in [6.07, 6.45) is 0. The van der Waals surface area contributed by atoms with Gasteiger partial charge in [-0.05, 0) is 35.1 Å². The van der Waals surface area contributed by atoms with E-state index >= 15 is 0 Å². The predicted molar refractivity (Wildman–Crippen MR) is 64.6 cm³/mol. The second kappa shape index (κ2) is 4.26. The molecule has 1 heteroatoms. The van der Waals surface area contributed by atoms with Crippen LogP contribution in [-0.4, -0.2) is 7.11 Å². The molecule has 1 nitrogen and oxygen atoms in total. The first-order valence-corrected chi connectivity index (χ1v) is 5.46. The van der Waals surface area contributed by atoms with Gasteiger partial charge in [-0.2, -0.15) is 0 Å². The molecule has 0 amide bonds. The zero-order valence-electron chi connectivity index (χ0n) is 10.6. The molecule has 0 N–H and O–H groups in total. The van der Waals surface area contributed by atoms with Crippen LogP contribution in [0.1, 0.15) is 51.7 Å². The molecule has 83 valence electrons. The molecule has 0 fully saturated rings. The lowest BCUT2D eigenvalue weighted by Gasteiger charge is -2.23. The second-order valence-electron chi connectivity index (χ2n) is 5.28. The molecule has 0 spiro atoms. The zero-order valence-corrected chi connectivity index (χ0v) is 10.6. The van der Waals surface area contributed by atoms with E-state index in [4.69, 9.17) is 4.74 Å². The molecule has 1 radical (unpaired) electrons. The molecular weight excluding hydrogens is 184 g/mol.